The zero-order chi connectivity index (χ0) is 13.8. The fourth-order valence-corrected chi connectivity index (χ4v) is 2.05. The van der Waals surface area contributed by atoms with Crippen LogP contribution in [0.25, 0.3) is 0 Å². The smallest absolute Gasteiger partial charge is 0.224 e. The first-order valence-corrected chi connectivity index (χ1v) is 6.42. The number of hydrogen-bond donors (Lipinski definition) is 2. The molecule has 0 saturated carbocycles. The summed E-state index contributed by atoms with van der Waals surface area (Å²) in [6.07, 6.45) is 0. The van der Waals surface area contributed by atoms with Gasteiger partial charge in [0.15, 0.2) is 0 Å². The monoisotopic (exact) mass is 317 g/mol. The molecule has 0 atom stereocenters. The number of aryl methyl sites for hydroxylation is 1. The van der Waals surface area contributed by atoms with Crippen molar-refractivity contribution in [3.63, 3.8) is 0 Å². The topological polar surface area (TPSA) is 73.6 Å². The fraction of sp³-hybridized carbons (Fsp3) is 0.154. The van der Waals surface area contributed by atoms with Gasteiger partial charge in [0.25, 0.3) is 0 Å². The molecule has 0 aliphatic rings. The van der Waals surface area contributed by atoms with E-state index in [0.29, 0.717) is 17.3 Å². The molecule has 6 heteroatoms. The Morgan fingerprint density at radius 3 is 2.68 bits per heavy atom. The number of nitrogens with zero attached hydrogens (tertiary/aromatic N) is 3. The standard InChI is InChI=1S/C13H12BrN5/c1-8-5-12(19-13(16-2)17-8)18-11-4-3-9(7-15)6-10(11)14/h3-6H,1-2H3,(H2,16,17,18,19). The molecule has 0 amide bonds. The largest absolute Gasteiger partial charge is 0.357 e. The van der Waals surface area contributed by atoms with Crippen LogP contribution >= 0.6 is 15.9 Å². The number of nitrogens with one attached hydrogen (secondary N) is 2. The summed E-state index contributed by atoms with van der Waals surface area (Å²) in [4.78, 5) is 8.54. The van der Waals surface area contributed by atoms with Gasteiger partial charge in [-0.3, -0.25) is 0 Å². The second-order valence-corrected chi connectivity index (χ2v) is 4.75. The molecule has 1 heterocycles. The van der Waals surface area contributed by atoms with Gasteiger partial charge in [0.2, 0.25) is 5.95 Å². The van der Waals surface area contributed by atoms with Crippen molar-refractivity contribution in [2.45, 2.75) is 6.92 Å². The minimum absolute atomic E-state index is 0.562. The van der Waals surface area contributed by atoms with Crippen LogP contribution in [0, 0.1) is 18.3 Å². The van der Waals surface area contributed by atoms with E-state index < -0.39 is 0 Å². The third-order valence-corrected chi connectivity index (χ3v) is 3.09. The fourth-order valence-electron chi connectivity index (χ4n) is 1.57. The number of halogens is 1. The Morgan fingerprint density at radius 2 is 2.05 bits per heavy atom. The summed E-state index contributed by atoms with van der Waals surface area (Å²) in [7, 11) is 1.77. The zero-order valence-corrected chi connectivity index (χ0v) is 12.1. The molecule has 2 N–H and O–H groups in total. The van der Waals surface area contributed by atoms with Crippen molar-refractivity contribution in [1.29, 1.82) is 5.26 Å². The van der Waals surface area contributed by atoms with E-state index in [1.807, 2.05) is 19.1 Å². The first-order valence-electron chi connectivity index (χ1n) is 5.62. The predicted molar refractivity (Wildman–Crippen MR) is 78.5 cm³/mol. The summed E-state index contributed by atoms with van der Waals surface area (Å²) in [6, 6.07) is 9.29. The highest BCUT2D eigenvalue weighted by Crippen LogP contribution is 2.26. The molecule has 0 aliphatic carbocycles. The van der Waals surface area contributed by atoms with E-state index in [2.05, 4.69) is 42.6 Å². The van der Waals surface area contributed by atoms with Gasteiger partial charge in [-0.05, 0) is 41.1 Å². The number of hydrogen-bond acceptors (Lipinski definition) is 5. The second-order valence-electron chi connectivity index (χ2n) is 3.90. The molecular weight excluding hydrogens is 306 g/mol. The lowest BCUT2D eigenvalue weighted by atomic mass is 10.2. The van der Waals surface area contributed by atoms with Crippen LogP contribution in [0.15, 0.2) is 28.7 Å². The number of nitriles is 1. The Morgan fingerprint density at radius 1 is 1.26 bits per heavy atom. The molecular formula is C13H12BrN5. The van der Waals surface area contributed by atoms with E-state index >= 15 is 0 Å². The Kier molecular flexibility index (Phi) is 3.97. The van der Waals surface area contributed by atoms with Crippen LogP contribution in [0.1, 0.15) is 11.3 Å². The Labute approximate surface area is 119 Å². The highest BCUT2D eigenvalue weighted by Gasteiger charge is 2.05. The first-order chi connectivity index (χ1) is 9.12. The molecule has 0 spiro atoms. The van der Waals surface area contributed by atoms with Crippen LogP contribution in [0.5, 0.6) is 0 Å². The average molecular weight is 318 g/mol. The molecule has 1 aromatic carbocycles. The van der Waals surface area contributed by atoms with E-state index in [9.17, 15) is 0 Å². The van der Waals surface area contributed by atoms with Crippen molar-refractivity contribution in [3.05, 3.63) is 40.0 Å². The van der Waals surface area contributed by atoms with Crippen LogP contribution in [0.4, 0.5) is 17.5 Å². The predicted octanol–water partition coefficient (Wildman–Crippen LogP) is 3.20. The van der Waals surface area contributed by atoms with E-state index in [1.165, 1.54) is 0 Å². The summed E-state index contributed by atoms with van der Waals surface area (Å²) in [5, 5.41) is 14.9. The van der Waals surface area contributed by atoms with Gasteiger partial charge in [0, 0.05) is 23.3 Å². The van der Waals surface area contributed by atoms with Crippen molar-refractivity contribution in [2.24, 2.45) is 0 Å². The number of rotatable bonds is 3. The van der Waals surface area contributed by atoms with Gasteiger partial charge in [-0.15, -0.1) is 0 Å². The molecule has 0 unspecified atom stereocenters. The highest BCUT2D eigenvalue weighted by atomic mass is 79.9. The van der Waals surface area contributed by atoms with E-state index in [1.54, 1.807) is 19.2 Å². The minimum Gasteiger partial charge on any atom is -0.357 e. The van der Waals surface area contributed by atoms with E-state index in [-0.39, 0.29) is 0 Å². The van der Waals surface area contributed by atoms with Gasteiger partial charge in [0.05, 0.1) is 17.3 Å². The van der Waals surface area contributed by atoms with Gasteiger partial charge < -0.3 is 10.6 Å². The Bertz CT molecular complexity index is 648. The molecule has 19 heavy (non-hydrogen) atoms. The van der Waals surface area contributed by atoms with Crippen LogP contribution in [-0.4, -0.2) is 17.0 Å². The summed E-state index contributed by atoms with van der Waals surface area (Å²) in [6.45, 7) is 1.90. The quantitative estimate of drug-likeness (QED) is 0.909. The van der Waals surface area contributed by atoms with Crippen molar-refractivity contribution in [1.82, 2.24) is 9.97 Å². The lowest BCUT2D eigenvalue weighted by Crippen LogP contribution is -2.02. The van der Waals surface area contributed by atoms with Crippen LogP contribution < -0.4 is 10.6 Å². The van der Waals surface area contributed by atoms with Gasteiger partial charge in [0.1, 0.15) is 5.82 Å². The third kappa shape index (κ3) is 3.20. The first kappa shape index (κ1) is 13.3. The third-order valence-electron chi connectivity index (χ3n) is 2.44. The molecule has 1 aromatic heterocycles. The summed E-state index contributed by atoms with van der Waals surface area (Å²) in [5.41, 5.74) is 2.32. The Hall–Kier alpha value is -2.13. The summed E-state index contributed by atoms with van der Waals surface area (Å²) >= 11 is 3.43. The molecule has 0 bridgehead atoms. The molecule has 2 rings (SSSR count). The zero-order valence-electron chi connectivity index (χ0n) is 10.5. The van der Waals surface area contributed by atoms with Crippen molar-refractivity contribution >= 4 is 33.4 Å². The maximum Gasteiger partial charge on any atom is 0.224 e. The van der Waals surface area contributed by atoms with Crippen LogP contribution in [0.2, 0.25) is 0 Å². The second kappa shape index (κ2) is 5.67. The van der Waals surface area contributed by atoms with Gasteiger partial charge in [-0.1, -0.05) is 0 Å². The number of anilines is 3. The molecule has 0 saturated heterocycles. The van der Waals surface area contributed by atoms with Gasteiger partial charge in [-0.25, -0.2) is 4.98 Å². The van der Waals surface area contributed by atoms with Crippen LogP contribution in [-0.2, 0) is 0 Å². The van der Waals surface area contributed by atoms with Crippen molar-refractivity contribution < 1.29 is 0 Å². The minimum atomic E-state index is 0.562. The number of aromatic nitrogens is 2. The maximum absolute atomic E-state index is 8.83. The van der Waals surface area contributed by atoms with Gasteiger partial charge >= 0.3 is 0 Å². The molecule has 2 aromatic rings. The maximum atomic E-state index is 8.83. The Balaban J connectivity index is 2.31. The molecule has 96 valence electrons. The summed E-state index contributed by atoms with van der Waals surface area (Å²) in [5.74, 6) is 1.26. The number of benzene rings is 1. The molecule has 0 radical (unpaired) electrons. The van der Waals surface area contributed by atoms with Crippen molar-refractivity contribution in [3.8, 4) is 6.07 Å². The van der Waals surface area contributed by atoms with Crippen molar-refractivity contribution in [2.75, 3.05) is 17.7 Å². The van der Waals surface area contributed by atoms with E-state index in [4.69, 9.17) is 5.26 Å². The lowest BCUT2D eigenvalue weighted by molar-refractivity contribution is 1.10. The van der Waals surface area contributed by atoms with Gasteiger partial charge in [-0.2, -0.15) is 10.2 Å². The average Bonchev–Trinajstić information content (AvgIpc) is 2.40. The summed E-state index contributed by atoms with van der Waals surface area (Å²) < 4.78 is 0.814. The highest BCUT2D eigenvalue weighted by molar-refractivity contribution is 9.10. The van der Waals surface area contributed by atoms with E-state index in [0.717, 1.165) is 15.9 Å². The molecule has 0 fully saturated rings. The molecule has 5 nitrogen and oxygen atoms in total. The lowest BCUT2D eigenvalue weighted by Gasteiger charge is -2.10. The normalized spacial score (nSPS) is 9.79. The SMILES string of the molecule is CNc1nc(C)cc(Nc2ccc(C#N)cc2Br)n1. The van der Waals surface area contributed by atoms with Crippen LogP contribution in [0.3, 0.4) is 0 Å². The molecule has 0 aliphatic heterocycles.